The fourth-order valence-electron chi connectivity index (χ4n) is 2.50. The minimum atomic E-state index is -0.816. The van der Waals surface area contributed by atoms with Crippen molar-refractivity contribution in [3.05, 3.63) is 0 Å². The van der Waals surface area contributed by atoms with Crippen LogP contribution in [-0.2, 0) is 4.79 Å². The molecule has 0 bridgehead atoms. The third kappa shape index (κ3) is 2.76. The van der Waals surface area contributed by atoms with Gasteiger partial charge in [-0.1, -0.05) is 6.92 Å². The Hall–Kier alpha value is -1.26. The number of urea groups is 1. The van der Waals surface area contributed by atoms with Crippen LogP contribution in [0.15, 0.2) is 0 Å². The number of rotatable bonds is 4. The number of hydrogen-bond acceptors (Lipinski definition) is 2. The third-order valence-electron chi connectivity index (χ3n) is 4.28. The molecule has 18 heavy (non-hydrogen) atoms. The van der Waals surface area contributed by atoms with Crippen LogP contribution in [0, 0.1) is 17.3 Å². The maximum absolute atomic E-state index is 11.9. The Balaban J connectivity index is 1.78. The molecule has 2 atom stereocenters. The highest BCUT2D eigenvalue weighted by Crippen LogP contribution is 2.36. The van der Waals surface area contributed by atoms with Crippen LogP contribution in [0.1, 0.15) is 33.1 Å². The van der Waals surface area contributed by atoms with Crippen molar-refractivity contribution in [3.63, 3.8) is 0 Å². The minimum absolute atomic E-state index is 0.118. The molecule has 0 spiro atoms. The molecule has 0 aromatic rings. The van der Waals surface area contributed by atoms with E-state index in [4.69, 9.17) is 5.11 Å². The highest BCUT2D eigenvalue weighted by atomic mass is 16.4. The Morgan fingerprint density at radius 3 is 2.67 bits per heavy atom. The van der Waals surface area contributed by atoms with Crippen molar-refractivity contribution in [1.82, 2.24) is 10.2 Å². The van der Waals surface area contributed by atoms with Crippen LogP contribution < -0.4 is 5.32 Å². The summed E-state index contributed by atoms with van der Waals surface area (Å²) in [4.78, 5) is 24.6. The molecule has 5 nitrogen and oxygen atoms in total. The fourth-order valence-corrected chi connectivity index (χ4v) is 2.50. The second kappa shape index (κ2) is 4.78. The molecule has 1 aliphatic carbocycles. The average Bonchev–Trinajstić information content (AvgIpc) is 3.09. The van der Waals surface area contributed by atoms with E-state index in [2.05, 4.69) is 12.2 Å². The first-order chi connectivity index (χ1) is 8.42. The number of carboxylic acids is 1. The molecule has 1 heterocycles. The number of amides is 2. The van der Waals surface area contributed by atoms with Gasteiger partial charge < -0.3 is 15.3 Å². The lowest BCUT2D eigenvalue weighted by atomic mass is 9.90. The van der Waals surface area contributed by atoms with E-state index in [1.54, 1.807) is 11.8 Å². The van der Waals surface area contributed by atoms with Gasteiger partial charge in [-0.15, -0.1) is 0 Å². The number of nitrogens with one attached hydrogen (secondary N) is 1. The summed E-state index contributed by atoms with van der Waals surface area (Å²) < 4.78 is 0. The standard InChI is InChI=1S/C13H22N2O3/c1-9(10-3-4-10)7-14-12(18)15-6-5-13(2,8-15)11(16)17/h9-10H,3-8H2,1-2H3,(H,14,18)(H,16,17). The van der Waals surface area contributed by atoms with Crippen LogP contribution in [0.25, 0.3) is 0 Å². The summed E-state index contributed by atoms with van der Waals surface area (Å²) in [6.45, 7) is 5.40. The number of nitrogens with zero attached hydrogens (tertiary/aromatic N) is 1. The number of likely N-dealkylation sites (tertiary alicyclic amines) is 1. The van der Waals surface area contributed by atoms with Crippen molar-refractivity contribution in [2.45, 2.75) is 33.1 Å². The lowest BCUT2D eigenvalue weighted by molar-refractivity contribution is -0.146. The zero-order valence-corrected chi connectivity index (χ0v) is 11.1. The van der Waals surface area contributed by atoms with Gasteiger partial charge in [-0.2, -0.15) is 0 Å². The average molecular weight is 254 g/mol. The molecule has 2 amide bonds. The van der Waals surface area contributed by atoms with E-state index in [0.29, 0.717) is 32.0 Å². The van der Waals surface area contributed by atoms with Crippen molar-refractivity contribution in [1.29, 1.82) is 0 Å². The molecule has 2 aliphatic rings. The van der Waals surface area contributed by atoms with Crippen LogP contribution >= 0.6 is 0 Å². The maximum Gasteiger partial charge on any atom is 0.317 e. The smallest absolute Gasteiger partial charge is 0.317 e. The summed E-state index contributed by atoms with van der Waals surface area (Å²) in [6.07, 6.45) is 3.09. The zero-order chi connectivity index (χ0) is 13.3. The molecule has 2 N–H and O–H groups in total. The molecule has 0 radical (unpaired) electrons. The molecule has 2 rings (SSSR count). The molecule has 1 aliphatic heterocycles. The summed E-state index contributed by atoms with van der Waals surface area (Å²) in [5.41, 5.74) is -0.778. The predicted octanol–water partition coefficient (Wildman–Crippen LogP) is 1.54. The predicted molar refractivity (Wildman–Crippen MR) is 67.2 cm³/mol. The van der Waals surface area contributed by atoms with Crippen LogP contribution in [-0.4, -0.2) is 41.6 Å². The second-order valence-electron chi connectivity index (χ2n) is 6.04. The fraction of sp³-hybridized carbons (Fsp3) is 0.846. The van der Waals surface area contributed by atoms with Gasteiger partial charge in [0, 0.05) is 19.6 Å². The van der Waals surface area contributed by atoms with E-state index in [-0.39, 0.29) is 6.03 Å². The van der Waals surface area contributed by atoms with E-state index >= 15 is 0 Å². The number of carboxylic acid groups (broad SMARTS) is 1. The lowest BCUT2D eigenvalue weighted by Gasteiger charge is -2.21. The molecule has 2 unspecified atom stereocenters. The van der Waals surface area contributed by atoms with Crippen molar-refractivity contribution >= 4 is 12.0 Å². The van der Waals surface area contributed by atoms with E-state index in [1.165, 1.54) is 12.8 Å². The highest BCUT2D eigenvalue weighted by Gasteiger charge is 2.42. The van der Waals surface area contributed by atoms with Gasteiger partial charge in [0.05, 0.1) is 5.41 Å². The van der Waals surface area contributed by atoms with E-state index in [9.17, 15) is 9.59 Å². The lowest BCUT2D eigenvalue weighted by Crippen LogP contribution is -2.42. The molecule has 0 aromatic carbocycles. The van der Waals surface area contributed by atoms with Gasteiger partial charge in [-0.05, 0) is 38.0 Å². The normalized spacial score (nSPS) is 29.1. The second-order valence-corrected chi connectivity index (χ2v) is 6.04. The molecule has 5 heteroatoms. The van der Waals surface area contributed by atoms with Gasteiger partial charge >= 0.3 is 12.0 Å². The SMILES string of the molecule is CC(CNC(=O)N1CCC(C)(C(=O)O)C1)C1CC1. The first kappa shape index (κ1) is 13.2. The van der Waals surface area contributed by atoms with Crippen LogP contribution in [0.4, 0.5) is 4.79 Å². The van der Waals surface area contributed by atoms with Gasteiger partial charge in [0.1, 0.15) is 0 Å². The first-order valence-corrected chi connectivity index (χ1v) is 6.68. The molecular formula is C13H22N2O3. The van der Waals surface area contributed by atoms with Crippen molar-refractivity contribution in [2.75, 3.05) is 19.6 Å². The van der Waals surface area contributed by atoms with E-state index < -0.39 is 11.4 Å². The van der Waals surface area contributed by atoms with Crippen molar-refractivity contribution < 1.29 is 14.7 Å². The topological polar surface area (TPSA) is 69.6 Å². The molecule has 102 valence electrons. The number of carbonyl (C=O) groups excluding carboxylic acids is 1. The van der Waals surface area contributed by atoms with Gasteiger partial charge in [-0.25, -0.2) is 4.79 Å². The summed E-state index contributed by atoms with van der Waals surface area (Å²) in [6, 6.07) is -0.118. The summed E-state index contributed by atoms with van der Waals surface area (Å²) in [5.74, 6) is 0.486. The van der Waals surface area contributed by atoms with Gasteiger partial charge in [-0.3, -0.25) is 4.79 Å². The van der Waals surface area contributed by atoms with Crippen LogP contribution in [0.2, 0.25) is 0 Å². The number of aliphatic carboxylic acids is 1. The largest absolute Gasteiger partial charge is 0.481 e. The van der Waals surface area contributed by atoms with Crippen LogP contribution in [0.3, 0.4) is 0 Å². The van der Waals surface area contributed by atoms with Crippen molar-refractivity contribution in [3.8, 4) is 0 Å². The highest BCUT2D eigenvalue weighted by molar-refractivity contribution is 5.79. The van der Waals surface area contributed by atoms with Crippen LogP contribution in [0.5, 0.6) is 0 Å². The third-order valence-corrected chi connectivity index (χ3v) is 4.28. The Morgan fingerprint density at radius 2 is 2.17 bits per heavy atom. The maximum atomic E-state index is 11.9. The number of hydrogen-bond donors (Lipinski definition) is 2. The minimum Gasteiger partial charge on any atom is -0.481 e. The van der Waals surface area contributed by atoms with Crippen molar-refractivity contribution in [2.24, 2.45) is 17.3 Å². The molecular weight excluding hydrogens is 232 g/mol. The zero-order valence-electron chi connectivity index (χ0n) is 11.1. The summed E-state index contributed by atoms with van der Waals surface area (Å²) >= 11 is 0. The quantitative estimate of drug-likeness (QED) is 0.799. The Kier molecular flexibility index (Phi) is 3.50. The molecule has 1 saturated carbocycles. The Morgan fingerprint density at radius 1 is 1.50 bits per heavy atom. The summed E-state index contributed by atoms with van der Waals surface area (Å²) in [5, 5.41) is 12.0. The van der Waals surface area contributed by atoms with Gasteiger partial charge in [0.25, 0.3) is 0 Å². The molecule has 0 aromatic heterocycles. The molecule has 2 fully saturated rings. The van der Waals surface area contributed by atoms with E-state index in [1.807, 2.05) is 0 Å². The Bertz CT molecular complexity index is 354. The van der Waals surface area contributed by atoms with Gasteiger partial charge in [0.2, 0.25) is 0 Å². The Labute approximate surface area is 108 Å². The number of carbonyl (C=O) groups is 2. The van der Waals surface area contributed by atoms with Gasteiger partial charge in [0.15, 0.2) is 0 Å². The molecule has 1 saturated heterocycles. The monoisotopic (exact) mass is 254 g/mol. The summed E-state index contributed by atoms with van der Waals surface area (Å²) in [7, 11) is 0. The first-order valence-electron chi connectivity index (χ1n) is 6.68. The van der Waals surface area contributed by atoms with E-state index in [0.717, 1.165) is 5.92 Å².